The first-order valence-electron chi connectivity index (χ1n) is 9.10. The first kappa shape index (κ1) is 23.1. The van der Waals surface area contributed by atoms with Crippen molar-refractivity contribution in [2.75, 3.05) is 18.9 Å². The van der Waals surface area contributed by atoms with E-state index in [1.165, 1.54) is 0 Å². The molecule has 0 aliphatic heterocycles. The van der Waals surface area contributed by atoms with Crippen molar-refractivity contribution in [3.63, 3.8) is 0 Å². The lowest BCUT2D eigenvalue weighted by atomic mass is 9.87. The third-order valence-corrected chi connectivity index (χ3v) is 7.85. The Morgan fingerprint density at radius 2 is 1.93 bits per heavy atom. The van der Waals surface area contributed by atoms with Crippen LogP contribution in [0.1, 0.15) is 37.8 Å². The summed E-state index contributed by atoms with van der Waals surface area (Å²) in [6.45, 7) is 2.07. The van der Waals surface area contributed by atoms with E-state index in [2.05, 4.69) is 5.32 Å². The second-order valence-electron chi connectivity index (χ2n) is 7.48. The van der Waals surface area contributed by atoms with Crippen molar-refractivity contribution >= 4 is 30.6 Å². The van der Waals surface area contributed by atoms with E-state index in [0.29, 0.717) is 29.3 Å². The molecule has 27 heavy (non-hydrogen) atoms. The number of hydrogen-bond acceptors (Lipinski definition) is 5. The molecule has 2 rings (SSSR count). The predicted octanol–water partition coefficient (Wildman–Crippen LogP) is 2.80. The summed E-state index contributed by atoms with van der Waals surface area (Å²) < 4.78 is 12.5. The molecule has 1 aromatic rings. The lowest BCUT2D eigenvalue weighted by Gasteiger charge is -2.31. The summed E-state index contributed by atoms with van der Waals surface area (Å²) in [4.78, 5) is 10.2. The van der Waals surface area contributed by atoms with Gasteiger partial charge in [0.2, 0.25) is 7.37 Å². The Balaban J connectivity index is 1.80. The van der Waals surface area contributed by atoms with Gasteiger partial charge in [0.1, 0.15) is 0 Å². The van der Waals surface area contributed by atoms with Crippen LogP contribution in [0.25, 0.3) is 0 Å². The predicted molar refractivity (Wildman–Crippen MR) is 108 cm³/mol. The summed E-state index contributed by atoms with van der Waals surface area (Å²) in [5, 5.41) is 33.5. The number of nitrogens with one attached hydrogen (secondary N) is 1. The van der Waals surface area contributed by atoms with Gasteiger partial charge in [-0.3, -0.25) is 4.57 Å². The van der Waals surface area contributed by atoms with Gasteiger partial charge in [0.15, 0.2) is 0 Å². The van der Waals surface area contributed by atoms with Crippen LogP contribution in [0.15, 0.2) is 18.2 Å². The molecule has 0 heterocycles. The molecule has 0 saturated heterocycles. The van der Waals surface area contributed by atoms with Crippen LogP contribution < -0.4 is 5.32 Å². The number of rotatable bonds is 8. The standard InChI is InChI=1S/C18H28Cl2NO5P/c1-11(13-3-4-15(19)16(20)7-13)21-8-14(22)10-27(25,26)9-12-2-5-17(23)18(24)6-12/h3-4,7,11-12,14,17-18,21-24H,2,5-6,8-10H2,1H3,(H,25,26)/t11?,12-,14-,17+,18?/m0/s1. The summed E-state index contributed by atoms with van der Waals surface area (Å²) in [5.41, 5.74) is 0.901. The van der Waals surface area contributed by atoms with Crippen LogP contribution in [0.3, 0.4) is 0 Å². The molecule has 0 amide bonds. The second kappa shape index (κ2) is 10.0. The molecular weight excluding hydrogens is 412 g/mol. The van der Waals surface area contributed by atoms with Gasteiger partial charge in [-0.1, -0.05) is 29.3 Å². The zero-order valence-electron chi connectivity index (χ0n) is 15.3. The van der Waals surface area contributed by atoms with E-state index >= 15 is 0 Å². The van der Waals surface area contributed by atoms with Gasteiger partial charge < -0.3 is 25.5 Å². The molecule has 6 atom stereocenters. The molecule has 6 nitrogen and oxygen atoms in total. The van der Waals surface area contributed by atoms with Crippen molar-refractivity contribution in [3.8, 4) is 0 Å². The highest BCUT2D eigenvalue weighted by Gasteiger charge is 2.33. The van der Waals surface area contributed by atoms with Crippen LogP contribution in [0, 0.1) is 5.92 Å². The van der Waals surface area contributed by atoms with Crippen molar-refractivity contribution in [1.82, 2.24) is 5.32 Å². The summed E-state index contributed by atoms with van der Waals surface area (Å²) >= 11 is 11.9. The minimum atomic E-state index is -3.53. The summed E-state index contributed by atoms with van der Waals surface area (Å²) in [7, 11) is -3.53. The SMILES string of the molecule is CC(NC[C@H](O)CP(=O)(O)C[C@H]1CC[C@@H](O)C(O)C1)c1ccc(Cl)c(Cl)c1. The lowest BCUT2D eigenvalue weighted by molar-refractivity contribution is -0.0224. The lowest BCUT2D eigenvalue weighted by Crippen LogP contribution is -2.35. The molecule has 1 aromatic carbocycles. The van der Waals surface area contributed by atoms with Gasteiger partial charge in [0, 0.05) is 18.7 Å². The van der Waals surface area contributed by atoms with Crippen molar-refractivity contribution in [1.29, 1.82) is 0 Å². The highest BCUT2D eigenvalue weighted by molar-refractivity contribution is 7.58. The Morgan fingerprint density at radius 1 is 1.22 bits per heavy atom. The average Bonchev–Trinajstić information content (AvgIpc) is 2.57. The molecular formula is C18H28Cl2NO5P. The molecule has 0 radical (unpaired) electrons. The van der Waals surface area contributed by atoms with Gasteiger partial charge in [-0.2, -0.15) is 0 Å². The van der Waals surface area contributed by atoms with Gasteiger partial charge in [0.05, 0.1) is 34.5 Å². The molecule has 3 unspecified atom stereocenters. The van der Waals surface area contributed by atoms with Gasteiger partial charge in [-0.15, -0.1) is 0 Å². The van der Waals surface area contributed by atoms with E-state index in [9.17, 15) is 24.8 Å². The third kappa shape index (κ3) is 7.30. The highest BCUT2D eigenvalue weighted by atomic mass is 35.5. The molecule has 1 aliphatic carbocycles. The van der Waals surface area contributed by atoms with Gasteiger partial charge in [-0.05, 0) is 49.8 Å². The molecule has 1 saturated carbocycles. The van der Waals surface area contributed by atoms with Crippen LogP contribution in [-0.2, 0) is 4.57 Å². The van der Waals surface area contributed by atoms with E-state index in [4.69, 9.17) is 23.2 Å². The van der Waals surface area contributed by atoms with Crippen molar-refractivity contribution in [2.24, 2.45) is 5.92 Å². The van der Waals surface area contributed by atoms with Crippen molar-refractivity contribution in [2.45, 2.75) is 50.5 Å². The first-order chi connectivity index (χ1) is 12.6. The Kier molecular flexibility index (Phi) is 8.59. The molecule has 0 spiro atoms. The van der Waals surface area contributed by atoms with E-state index in [1.54, 1.807) is 12.1 Å². The number of halogens is 2. The number of hydrogen-bond donors (Lipinski definition) is 5. The van der Waals surface area contributed by atoms with Crippen molar-refractivity contribution < 1.29 is 24.8 Å². The van der Waals surface area contributed by atoms with Crippen LogP contribution in [0.2, 0.25) is 10.0 Å². The van der Waals surface area contributed by atoms with Gasteiger partial charge in [-0.25, -0.2) is 0 Å². The van der Waals surface area contributed by atoms with E-state index in [0.717, 1.165) is 5.56 Å². The monoisotopic (exact) mass is 439 g/mol. The minimum Gasteiger partial charge on any atom is -0.391 e. The summed E-state index contributed by atoms with van der Waals surface area (Å²) in [6.07, 6.45) is -1.37. The van der Waals surface area contributed by atoms with E-state index in [1.807, 2.05) is 13.0 Å². The first-order valence-corrected chi connectivity index (χ1v) is 11.9. The zero-order valence-corrected chi connectivity index (χ0v) is 17.7. The topological polar surface area (TPSA) is 110 Å². The van der Waals surface area contributed by atoms with Crippen molar-refractivity contribution in [3.05, 3.63) is 33.8 Å². The molecule has 154 valence electrons. The van der Waals surface area contributed by atoms with Gasteiger partial charge >= 0.3 is 0 Å². The molecule has 1 fully saturated rings. The second-order valence-corrected chi connectivity index (χ2v) is 10.7. The Labute approximate surface area is 170 Å². The molecule has 0 aromatic heterocycles. The number of aliphatic hydroxyl groups is 3. The maximum atomic E-state index is 12.5. The number of benzene rings is 1. The largest absolute Gasteiger partial charge is 0.391 e. The van der Waals surface area contributed by atoms with Crippen LogP contribution in [0.4, 0.5) is 0 Å². The Bertz CT molecular complexity index is 677. The molecule has 9 heteroatoms. The van der Waals surface area contributed by atoms with E-state index < -0.39 is 25.7 Å². The fraction of sp³-hybridized carbons (Fsp3) is 0.667. The van der Waals surface area contributed by atoms with Gasteiger partial charge in [0.25, 0.3) is 0 Å². The quantitative estimate of drug-likeness (QED) is 0.398. The average molecular weight is 440 g/mol. The van der Waals surface area contributed by atoms with Crippen LogP contribution >= 0.6 is 30.6 Å². The molecule has 5 N–H and O–H groups in total. The Hall–Kier alpha value is -0.170. The molecule has 0 bridgehead atoms. The van der Waals surface area contributed by atoms with Crippen LogP contribution in [0.5, 0.6) is 0 Å². The zero-order chi connectivity index (χ0) is 20.2. The highest BCUT2D eigenvalue weighted by Crippen LogP contribution is 2.46. The summed E-state index contributed by atoms with van der Waals surface area (Å²) in [5.74, 6) is -0.116. The fourth-order valence-corrected chi connectivity index (χ4v) is 5.85. The summed E-state index contributed by atoms with van der Waals surface area (Å²) in [6, 6.07) is 5.17. The van der Waals surface area contributed by atoms with Crippen LogP contribution in [-0.4, -0.2) is 57.4 Å². The smallest absolute Gasteiger partial charge is 0.203 e. The third-order valence-electron chi connectivity index (χ3n) is 5.03. The maximum absolute atomic E-state index is 12.5. The Morgan fingerprint density at radius 3 is 2.56 bits per heavy atom. The fourth-order valence-electron chi connectivity index (χ4n) is 3.47. The number of aliphatic hydroxyl groups excluding tert-OH is 3. The normalized spacial score (nSPS) is 27.7. The van der Waals surface area contributed by atoms with E-state index in [-0.39, 0.29) is 30.8 Å². The maximum Gasteiger partial charge on any atom is 0.203 e. The molecule has 1 aliphatic rings. The minimum absolute atomic E-state index is 0.0518.